The monoisotopic (exact) mass is 210 g/mol. The van der Waals surface area contributed by atoms with Gasteiger partial charge in [-0.3, -0.25) is 4.79 Å². The Kier molecular flexibility index (Phi) is 13.9. The maximum Gasteiger partial charge on any atom is 0.305 e. The summed E-state index contributed by atoms with van der Waals surface area (Å²) in [7, 11) is 0. The summed E-state index contributed by atoms with van der Waals surface area (Å²) in [5, 5.41) is 7.99. The van der Waals surface area contributed by atoms with E-state index in [-0.39, 0.29) is 35.7 Å². The number of rotatable bonds is 1. The van der Waals surface area contributed by atoms with Gasteiger partial charge in [0.1, 0.15) is 0 Å². The van der Waals surface area contributed by atoms with Crippen LogP contribution in [0.25, 0.3) is 0 Å². The molecule has 8 heavy (non-hydrogen) atoms. The number of carboxylic acids is 1. The second kappa shape index (κ2) is 7.08. The molecule has 0 aliphatic heterocycles. The molecule has 0 saturated carbocycles. The van der Waals surface area contributed by atoms with Crippen LogP contribution in [0.1, 0.15) is 13.8 Å². The van der Waals surface area contributed by atoms with Crippen LogP contribution in [-0.4, -0.2) is 11.1 Å². The predicted molar refractivity (Wildman–Crippen MR) is 28.9 cm³/mol. The zero-order chi connectivity index (χ0) is 5.15. The minimum absolute atomic E-state index is 0. The molecule has 0 heterocycles. The predicted octanol–water partition coefficient (Wildman–Crippen LogP) is 1.17. The fourth-order valence-electron chi connectivity index (χ4n) is 0. The third-order valence-electron chi connectivity index (χ3n) is 0.494. The van der Waals surface area contributed by atoms with Crippen LogP contribution in [0.3, 0.4) is 0 Å². The maximum absolute atomic E-state index is 9.70. The van der Waals surface area contributed by atoms with Crippen LogP contribution in [0.15, 0.2) is 0 Å². The number of aliphatic carboxylic acids is 1. The van der Waals surface area contributed by atoms with E-state index >= 15 is 0 Å². The van der Waals surface area contributed by atoms with E-state index in [9.17, 15) is 4.79 Å². The third-order valence-corrected chi connectivity index (χ3v) is 0.494. The fourth-order valence-corrected chi connectivity index (χ4v) is 0. The van der Waals surface area contributed by atoms with Crippen molar-refractivity contribution in [3.05, 3.63) is 7.43 Å². The van der Waals surface area contributed by atoms with E-state index in [1.807, 2.05) is 0 Å². The molecule has 0 unspecified atom stereocenters. The Balaban J connectivity index is -0.000000125. The molecule has 3 heteroatoms. The Labute approximate surface area is 65.8 Å². The fraction of sp³-hybridized carbons (Fsp3) is 0.600. The van der Waals surface area contributed by atoms with Gasteiger partial charge in [0.05, 0.1) is 5.92 Å². The van der Waals surface area contributed by atoms with Gasteiger partial charge in [0.25, 0.3) is 0 Å². The molecular weight excluding hydrogens is 200 g/mol. The van der Waals surface area contributed by atoms with E-state index in [0.29, 0.717) is 0 Å². The van der Waals surface area contributed by atoms with Gasteiger partial charge in [0, 0.05) is 29.8 Å². The van der Waals surface area contributed by atoms with Crippen molar-refractivity contribution in [2.75, 3.05) is 0 Å². The molecule has 2 nitrogen and oxygen atoms in total. The second-order valence-electron chi connectivity index (χ2n) is 1.49. The molecule has 0 fully saturated rings. The average molecular weight is 211 g/mol. The van der Waals surface area contributed by atoms with Gasteiger partial charge in [-0.05, 0) is 0 Å². The Hall–Kier alpha value is 0.0803. The molecule has 0 aliphatic carbocycles. The first kappa shape index (κ1) is 15.7. The molecule has 0 spiro atoms. The first-order chi connectivity index (χ1) is 2.64. The van der Waals surface area contributed by atoms with Gasteiger partial charge in [-0.25, -0.2) is 0 Å². The summed E-state index contributed by atoms with van der Waals surface area (Å²) in [5.41, 5.74) is 0. The summed E-state index contributed by atoms with van der Waals surface area (Å²) in [6, 6.07) is 0. The summed E-state index contributed by atoms with van der Waals surface area (Å²) in [5.74, 6) is -0.972. The van der Waals surface area contributed by atoms with Gasteiger partial charge in [0.2, 0.25) is 0 Å². The minimum Gasteiger partial charge on any atom is -0.481 e. The Morgan fingerprint density at radius 3 is 1.62 bits per heavy atom. The molecule has 0 aromatic heterocycles. The normalized spacial score (nSPS) is 6.88. The minimum atomic E-state index is -0.741. The zero-order valence-electron chi connectivity index (χ0n) is 5.23. The summed E-state index contributed by atoms with van der Waals surface area (Å²) in [4.78, 5) is 9.70. The van der Waals surface area contributed by atoms with Crippen molar-refractivity contribution in [2.24, 2.45) is 5.92 Å². The summed E-state index contributed by atoms with van der Waals surface area (Å²) in [6.07, 6.45) is 0. The number of hydrogen-bond acceptors (Lipinski definition) is 1. The van der Waals surface area contributed by atoms with Crippen LogP contribution in [0.5, 0.6) is 0 Å². The van der Waals surface area contributed by atoms with Gasteiger partial charge in [-0.2, -0.15) is 0 Å². The maximum atomic E-state index is 9.70. The smallest absolute Gasteiger partial charge is 0.305 e. The van der Waals surface area contributed by atoms with Crippen molar-refractivity contribution in [2.45, 2.75) is 13.8 Å². The average Bonchev–Trinajstić information content (AvgIpc) is 1.36. The van der Waals surface area contributed by atoms with Crippen molar-refractivity contribution in [1.82, 2.24) is 0 Å². The molecular formula is C5H11AgO2+. The van der Waals surface area contributed by atoms with Crippen molar-refractivity contribution in [1.29, 1.82) is 0 Å². The van der Waals surface area contributed by atoms with E-state index < -0.39 is 5.97 Å². The number of carbonyl (C=O) groups is 1. The van der Waals surface area contributed by atoms with Crippen molar-refractivity contribution >= 4 is 5.97 Å². The molecule has 0 rings (SSSR count). The quantitative estimate of drug-likeness (QED) is 0.522. The molecule has 0 saturated heterocycles. The van der Waals surface area contributed by atoms with E-state index in [1.54, 1.807) is 13.8 Å². The van der Waals surface area contributed by atoms with Crippen LogP contribution in [0.4, 0.5) is 0 Å². The first-order valence-corrected chi connectivity index (χ1v) is 1.87. The summed E-state index contributed by atoms with van der Waals surface area (Å²) < 4.78 is 0. The van der Waals surface area contributed by atoms with Crippen LogP contribution in [0, 0.1) is 13.3 Å². The molecule has 1 radical (unpaired) electrons. The van der Waals surface area contributed by atoms with Gasteiger partial charge < -0.3 is 5.11 Å². The number of carboxylic acid groups (broad SMARTS) is 1. The van der Waals surface area contributed by atoms with Crippen molar-refractivity contribution < 1.29 is 32.3 Å². The topological polar surface area (TPSA) is 37.3 Å². The van der Waals surface area contributed by atoms with Gasteiger partial charge in [-0.15, -0.1) is 0 Å². The summed E-state index contributed by atoms with van der Waals surface area (Å²) >= 11 is 0. The first-order valence-electron chi connectivity index (χ1n) is 1.87. The summed E-state index contributed by atoms with van der Waals surface area (Å²) in [6.45, 7) is 3.28. The standard InChI is InChI=1S/C4H8O2.CH3.Ag/c1-3(2)4(5)6;;/h3H,1-2H3,(H,5,6);1H3;/q;+1;. The van der Waals surface area contributed by atoms with E-state index in [1.165, 1.54) is 0 Å². The molecule has 0 aromatic rings. The molecule has 0 bridgehead atoms. The van der Waals surface area contributed by atoms with Gasteiger partial charge in [-0.1, -0.05) is 13.8 Å². The third kappa shape index (κ3) is 9.43. The van der Waals surface area contributed by atoms with E-state index in [2.05, 4.69) is 0 Å². The van der Waals surface area contributed by atoms with Crippen LogP contribution in [-0.2, 0) is 27.2 Å². The Bertz CT molecular complexity index is 61.4. The Morgan fingerprint density at radius 2 is 1.62 bits per heavy atom. The largest absolute Gasteiger partial charge is 0.481 e. The SMILES string of the molecule is CC(C)C(=O)O.[Ag].[CH3+]. The zero-order valence-corrected chi connectivity index (χ0v) is 6.72. The molecule has 53 valence electrons. The van der Waals surface area contributed by atoms with Crippen LogP contribution >= 0.6 is 0 Å². The van der Waals surface area contributed by atoms with E-state index in [4.69, 9.17) is 5.11 Å². The van der Waals surface area contributed by atoms with E-state index in [0.717, 1.165) is 0 Å². The molecule has 0 atom stereocenters. The van der Waals surface area contributed by atoms with Crippen molar-refractivity contribution in [3.8, 4) is 0 Å². The molecule has 0 amide bonds. The van der Waals surface area contributed by atoms with Gasteiger partial charge >= 0.3 is 5.97 Å². The van der Waals surface area contributed by atoms with Crippen LogP contribution < -0.4 is 0 Å². The second-order valence-corrected chi connectivity index (χ2v) is 1.49. The van der Waals surface area contributed by atoms with Crippen molar-refractivity contribution in [3.63, 3.8) is 0 Å². The number of hydrogen-bond donors (Lipinski definition) is 1. The Morgan fingerprint density at radius 1 is 1.50 bits per heavy atom. The van der Waals surface area contributed by atoms with Gasteiger partial charge in [0.15, 0.2) is 0 Å². The molecule has 0 aromatic carbocycles. The molecule has 0 aliphatic rings. The van der Waals surface area contributed by atoms with Crippen LogP contribution in [0.2, 0.25) is 0 Å². The molecule has 1 N–H and O–H groups in total.